The van der Waals surface area contributed by atoms with Crippen molar-refractivity contribution in [1.29, 1.82) is 0 Å². The smallest absolute Gasteiger partial charge is 0.253 e. The maximum Gasteiger partial charge on any atom is 0.253 e. The SMILES string of the molecule is CN1CCO[C@H](CNC(=O)c2ccccc2-n2cnnc2)C1. The van der Waals surface area contributed by atoms with Gasteiger partial charge in [-0.05, 0) is 19.2 Å². The van der Waals surface area contributed by atoms with Gasteiger partial charge in [-0.2, -0.15) is 0 Å². The van der Waals surface area contributed by atoms with E-state index in [1.165, 1.54) is 0 Å². The molecule has 22 heavy (non-hydrogen) atoms. The van der Waals surface area contributed by atoms with E-state index in [0.717, 1.165) is 18.8 Å². The average molecular weight is 301 g/mol. The van der Waals surface area contributed by atoms with Crippen LogP contribution in [0.5, 0.6) is 0 Å². The summed E-state index contributed by atoms with van der Waals surface area (Å²) < 4.78 is 7.38. The first-order valence-corrected chi connectivity index (χ1v) is 7.26. The number of morpholine rings is 1. The van der Waals surface area contributed by atoms with Crippen molar-refractivity contribution >= 4 is 5.91 Å². The number of amides is 1. The Kier molecular flexibility index (Phi) is 4.45. The largest absolute Gasteiger partial charge is 0.374 e. The Morgan fingerprint density at radius 1 is 1.36 bits per heavy atom. The molecule has 7 nitrogen and oxygen atoms in total. The number of ether oxygens (including phenoxy) is 1. The lowest BCUT2D eigenvalue weighted by atomic mass is 10.1. The zero-order valence-electron chi connectivity index (χ0n) is 12.5. The molecule has 7 heteroatoms. The van der Waals surface area contributed by atoms with Crippen molar-refractivity contribution in [3.05, 3.63) is 42.5 Å². The van der Waals surface area contributed by atoms with E-state index in [1.54, 1.807) is 23.3 Å². The quantitative estimate of drug-likeness (QED) is 0.881. The highest BCUT2D eigenvalue weighted by molar-refractivity contribution is 5.97. The summed E-state index contributed by atoms with van der Waals surface area (Å²) in [6, 6.07) is 7.38. The fourth-order valence-corrected chi connectivity index (χ4v) is 2.51. The van der Waals surface area contributed by atoms with Crippen LogP contribution in [-0.2, 0) is 4.74 Å². The molecule has 0 bridgehead atoms. The number of nitrogens with one attached hydrogen (secondary N) is 1. The molecule has 1 aromatic carbocycles. The van der Waals surface area contributed by atoms with Crippen LogP contribution in [0.1, 0.15) is 10.4 Å². The van der Waals surface area contributed by atoms with Gasteiger partial charge < -0.3 is 15.0 Å². The zero-order chi connectivity index (χ0) is 15.4. The van der Waals surface area contributed by atoms with Crippen molar-refractivity contribution < 1.29 is 9.53 Å². The van der Waals surface area contributed by atoms with Crippen molar-refractivity contribution in [2.24, 2.45) is 0 Å². The number of hydrogen-bond acceptors (Lipinski definition) is 5. The van der Waals surface area contributed by atoms with Gasteiger partial charge >= 0.3 is 0 Å². The summed E-state index contributed by atoms with van der Waals surface area (Å²) in [4.78, 5) is 14.7. The highest BCUT2D eigenvalue weighted by atomic mass is 16.5. The van der Waals surface area contributed by atoms with E-state index < -0.39 is 0 Å². The predicted molar refractivity (Wildman–Crippen MR) is 80.9 cm³/mol. The van der Waals surface area contributed by atoms with E-state index in [2.05, 4.69) is 27.5 Å². The Morgan fingerprint density at radius 3 is 2.91 bits per heavy atom. The second-order valence-corrected chi connectivity index (χ2v) is 5.35. The molecule has 1 fully saturated rings. The van der Waals surface area contributed by atoms with E-state index in [4.69, 9.17) is 4.74 Å². The Labute approximate surface area is 128 Å². The summed E-state index contributed by atoms with van der Waals surface area (Å²) in [5.41, 5.74) is 1.35. The first-order valence-electron chi connectivity index (χ1n) is 7.26. The van der Waals surface area contributed by atoms with Gasteiger partial charge in [-0.1, -0.05) is 12.1 Å². The molecule has 1 N–H and O–H groups in total. The maximum absolute atomic E-state index is 12.5. The van der Waals surface area contributed by atoms with Crippen molar-refractivity contribution in [2.75, 3.05) is 33.3 Å². The fourth-order valence-electron chi connectivity index (χ4n) is 2.51. The molecule has 2 aromatic rings. The minimum absolute atomic E-state index is 0.0322. The van der Waals surface area contributed by atoms with Crippen LogP contribution in [0.15, 0.2) is 36.9 Å². The number of carbonyl (C=O) groups is 1. The van der Waals surface area contributed by atoms with Crippen LogP contribution in [0.25, 0.3) is 5.69 Å². The molecule has 0 aliphatic carbocycles. The number of likely N-dealkylation sites (N-methyl/N-ethyl adjacent to an activating group) is 1. The standard InChI is InChI=1S/C15H19N5O2/c1-19-6-7-22-12(9-19)8-16-15(21)13-4-2-3-5-14(13)20-10-17-18-11-20/h2-5,10-12H,6-9H2,1H3,(H,16,21)/t12-/m1/s1. The first kappa shape index (κ1) is 14.7. The van der Waals surface area contributed by atoms with Gasteiger partial charge in [-0.25, -0.2) is 0 Å². The molecular weight excluding hydrogens is 282 g/mol. The zero-order valence-corrected chi connectivity index (χ0v) is 12.5. The van der Waals surface area contributed by atoms with E-state index in [0.29, 0.717) is 18.7 Å². The minimum atomic E-state index is -0.124. The molecule has 1 atom stereocenters. The topological polar surface area (TPSA) is 72.3 Å². The maximum atomic E-state index is 12.5. The molecule has 3 rings (SSSR count). The number of benzene rings is 1. The lowest BCUT2D eigenvalue weighted by Gasteiger charge is -2.30. The van der Waals surface area contributed by atoms with Crippen molar-refractivity contribution in [3.63, 3.8) is 0 Å². The first-order chi connectivity index (χ1) is 10.7. The number of aromatic nitrogens is 3. The highest BCUT2D eigenvalue weighted by Gasteiger charge is 2.19. The molecule has 1 aliphatic heterocycles. The molecule has 0 spiro atoms. The third kappa shape index (κ3) is 3.32. The van der Waals surface area contributed by atoms with Crippen LogP contribution in [0, 0.1) is 0 Å². The summed E-state index contributed by atoms with van der Waals surface area (Å²) in [6.07, 6.45) is 3.18. The predicted octanol–water partition coefficient (Wildman–Crippen LogP) is 0.328. The second kappa shape index (κ2) is 6.67. The van der Waals surface area contributed by atoms with Gasteiger partial charge in [-0.15, -0.1) is 10.2 Å². The lowest BCUT2D eigenvalue weighted by molar-refractivity contribution is -0.0175. The number of carbonyl (C=O) groups excluding carboxylic acids is 1. The van der Waals surface area contributed by atoms with Gasteiger partial charge in [0.25, 0.3) is 5.91 Å². The minimum Gasteiger partial charge on any atom is -0.374 e. The van der Waals surface area contributed by atoms with Crippen LogP contribution in [0.2, 0.25) is 0 Å². The van der Waals surface area contributed by atoms with Crippen LogP contribution in [0.3, 0.4) is 0 Å². The Balaban J connectivity index is 1.68. The van der Waals surface area contributed by atoms with Crippen molar-refractivity contribution in [1.82, 2.24) is 25.0 Å². The van der Waals surface area contributed by atoms with Crippen LogP contribution in [-0.4, -0.2) is 65.0 Å². The van der Waals surface area contributed by atoms with Gasteiger partial charge in [0.1, 0.15) is 12.7 Å². The lowest BCUT2D eigenvalue weighted by Crippen LogP contribution is -2.46. The number of hydrogen-bond donors (Lipinski definition) is 1. The van der Waals surface area contributed by atoms with Gasteiger partial charge in [-0.3, -0.25) is 9.36 Å². The summed E-state index contributed by atoms with van der Waals surface area (Å²) in [5.74, 6) is -0.124. The monoisotopic (exact) mass is 301 g/mol. The van der Waals surface area contributed by atoms with Crippen LogP contribution < -0.4 is 5.32 Å². The summed E-state index contributed by atoms with van der Waals surface area (Å²) in [5, 5.41) is 10.5. The summed E-state index contributed by atoms with van der Waals surface area (Å²) in [7, 11) is 2.05. The average Bonchev–Trinajstić information content (AvgIpc) is 3.07. The van der Waals surface area contributed by atoms with Gasteiger partial charge in [0.2, 0.25) is 0 Å². The van der Waals surface area contributed by atoms with Gasteiger partial charge in [0.15, 0.2) is 0 Å². The Bertz CT molecular complexity index is 629. The third-order valence-corrected chi connectivity index (χ3v) is 3.68. The fraction of sp³-hybridized carbons (Fsp3) is 0.400. The van der Waals surface area contributed by atoms with E-state index >= 15 is 0 Å². The highest BCUT2D eigenvalue weighted by Crippen LogP contribution is 2.13. The molecule has 0 radical (unpaired) electrons. The Morgan fingerprint density at radius 2 is 2.14 bits per heavy atom. The van der Waals surface area contributed by atoms with Crippen LogP contribution in [0.4, 0.5) is 0 Å². The van der Waals surface area contributed by atoms with Crippen molar-refractivity contribution in [2.45, 2.75) is 6.10 Å². The van der Waals surface area contributed by atoms with Gasteiger partial charge in [0.05, 0.1) is 24.0 Å². The molecule has 0 saturated carbocycles. The van der Waals surface area contributed by atoms with E-state index in [1.807, 2.05) is 18.2 Å². The molecule has 2 heterocycles. The molecule has 1 aliphatic rings. The van der Waals surface area contributed by atoms with E-state index in [-0.39, 0.29) is 12.0 Å². The molecule has 1 aromatic heterocycles. The number of nitrogens with zero attached hydrogens (tertiary/aromatic N) is 4. The number of para-hydroxylation sites is 1. The molecule has 0 unspecified atom stereocenters. The van der Waals surface area contributed by atoms with Crippen LogP contribution >= 0.6 is 0 Å². The molecule has 116 valence electrons. The molecule has 1 amide bonds. The summed E-state index contributed by atoms with van der Waals surface area (Å²) >= 11 is 0. The third-order valence-electron chi connectivity index (χ3n) is 3.68. The normalized spacial score (nSPS) is 19.0. The molecule has 1 saturated heterocycles. The summed E-state index contributed by atoms with van der Waals surface area (Å²) in [6.45, 7) is 2.96. The molecular formula is C15H19N5O2. The van der Waals surface area contributed by atoms with Crippen molar-refractivity contribution in [3.8, 4) is 5.69 Å². The second-order valence-electron chi connectivity index (χ2n) is 5.35. The van der Waals surface area contributed by atoms with E-state index in [9.17, 15) is 4.79 Å². The number of rotatable bonds is 4. The Hall–Kier alpha value is -2.25. The van der Waals surface area contributed by atoms with Gasteiger partial charge in [0, 0.05) is 19.6 Å².